The third kappa shape index (κ3) is 4.92. The molecule has 0 aromatic heterocycles. The van der Waals surface area contributed by atoms with Crippen molar-refractivity contribution in [3.63, 3.8) is 0 Å². The third-order valence-electron chi connectivity index (χ3n) is 3.91. The highest BCUT2D eigenvalue weighted by atomic mass is 32.2. The zero-order valence-corrected chi connectivity index (χ0v) is 15.6. The summed E-state index contributed by atoms with van der Waals surface area (Å²) in [4.78, 5) is 14.1. The molecule has 1 fully saturated rings. The first kappa shape index (κ1) is 18.1. The lowest BCUT2D eigenvalue weighted by molar-refractivity contribution is 0.0774. The number of benzene rings is 2. The van der Waals surface area contributed by atoms with Gasteiger partial charge in [-0.3, -0.25) is 4.79 Å². The van der Waals surface area contributed by atoms with Gasteiger partial charge < -0.3 is 9.64 Å². The molecule has 0 bridgehead atoms. The molecule has 25 heavy (non-hydrogen) atoms. The number of ether oxygens (including phenoxy) is 1. The van der Waals surface area contributed by atoms with Crippen molar-refractivity contribution in [2.24, 2.45) is 0 Å². The minimum atomic E-state index is -0.294. The molecule has 1 saturated heterocycles. The summed E-state index contributed by atoms with van der Waals surface area (Å²) in [5.41, 5.74) is 1.95. The molecule has 132 valence electrons. The van der Waals surface area contributed by atoms with E-state index in [0.717, 1.165) is 0 Å². The van der Waals surface area contributed by atoms with Gasteiger partial charge in [0.15, 0.2) is 0 Å². The van der Waals surface area contributed by atoms with Crippen LogP contribution in [0.5, 0.6) is 5.75 Å². The lowest BCUT2D eigenvalue weighted by atomic mass is 10.1. The molecular weight excluding hydrogens is 357 g/mol. The highest BCUT2D eigenvalue weighted by molar-refractivity contribution is 8.19. The van der Waals surface area contributed by atoms with Crippen LogP contribution in [0.4, 0.5) is 4.39 Å². The number of thioether (sulfide) groups is 2. The predicted molar refractivity (Wildman–Crippen MR) is 103 cm³/mol. The largest absolute Gasteiger partial charge is 0.492 e. The van der Waals surface area contributed by atoms with E-state index in [0.29, 0.717) is 29.0 Å². The summed E-state index contributed by atoms with van der Waals surface area (Å²) in [5.74, 6) is 2.65. The Kier molecular flexibility index (Phi) is 6.26. The van der Waals surface area contributed by atoms with Crippen molar-refractivity contribution in [3.05, 3.63) is 65.5 Å². The number of hydrogen-bond donors (Lipinski definition) is 0. The fourth-order valence-electron chi connectivity index (χ4n) is 2.49. The maximum atomic E-state index is 12.8. The van der Waals surface area contributed by atoms with Crippen LogP contribution in [0.25, 0.3) is 0 Å². The summed E-state index contributed by atoms with van der Waals surface area (Å²) >= 11 is 3.91. The Morgan fingerprint density at radius 2 is 1.76 bits per heavy atom. The van der Waals surface area contributed by atoms with Gasteiger partial charge in [-0.25, -0.2) is 4.39 Å². The zero-order valence-electron chi connectivity index (χ0n) is 14.0. The number of hydrogen-bond acceptors (Lipinski definition) is 4. The molecule has 6 heteroatoms. The minimum absolute atomic E-state index is 0.0269. The molecule has 2 aromatic carbocycles. The average Bonchev–Trinajstić information content (AvgIpc) is 3.17. The molecule has 3 rings (SSSR count). The van der Waals surface area contributed by atoms with Crippen molar-refractivity contribution in [1.82, 2.24) is 4.90 Å². The SMILES string of the molecule is CN(CCOc1ccc(F)cc1)C(=O)c1ccc(C2SCCS2)cc1. The molecule has 1 heterocycles. The molecule has 0 aliphatic carbocycles. The van der Waals surface area contributed by atoms with E-state index in [1.165, 1.54) is 29.2 Å². The van der Waals surface area contributed by atoms with E-state index in [4.69, 9.17) is 4.74 Å². The maximum Gasteiger partial charge on any atom is 0.253 e. The summed E-state index contributed by atoms with van der Waals surface area (Å²) in [6.45, 7) is 0.827. The molecule has 2 aromatic rings. The lowest BCUT2D eigenvalue weighted by Gasteiger charge is -2.18. The van der Waals surface area contributed by atoms with Crippen LogP contribution in [0.3, 0.4) is 0 Å². The van der Waals surface area contributed by atoms with Crippen molar-refractivity contribution in [1.29, 1.82) is 0 Å². The molecule has 0 unspecified atom stereocenters. The normalized spacial score (nSPS) is 14.5. The van der Waals surface area contributed by atoms with Crippen molar-refractivity contribution in [2.45, 2.75) is 4.58 Å². The molecule has 1 aliphatic heterocycles. The van der Waals surface area contributed by atoms with Crippen LogP contribution in [0.2, 0.25) is 0 Å². The van der Waals surface area contributed by atoms with Crippen LogP contribution in [-0.4, -0.2) is 42.5 Å². The molecule has 1 aliphatic rings. The first-order valence-electron chi connectivity index (χ1n) is 8.10. The van der Waals surface area contributed by atoms with Crippen LogP contribution >= 0.6 is 23.5 Å². The predicted octanol–water partition coefficient (Wildman–Crippen LogP) is 4.46. The standard InChI is InChI=1S/C19H20FNO2S2/c1-21(10-11-23-17-8-6-16(20)7-9-17)18(22)14-2-4-15(5-3-14)19-24-12-13-25-19/h2-9,19H,10-13H2,1H3. The van der Waals surface area contributed by atoms with Gasteiger partial charge in [0.2, 0.25) is 0 Å². The smallest absolute Gasteiger partial charge is 0.253 e. The summed E-state index contributed by atoms with van der Waals surface area (Å²) in [7, 11) is 1.76. The quantitative estimate of drug-likeness (QED) is 0.744. The van der Waals surface area contributed by atoms with Gasteiger partial charge >= 0.3 is 0 Å². The van der Waals surface area contributed by atoms with E-state index in [1.807, 2.05) is 47.8 Å². The molecule has 3 nitrogen and oxygen atoms in total. The number of rotatable bonds is 6. The minimum Gasteiger partial charge on any atom is -0.492 e. The van der Waals surface area contributed by atoms with Crippen molar-refractivity contribution in [2.75, 3.05) is 31.7 Å². The Bertz CT molecular complexity index is 700. The summed E-state index contributed by atoms with van der Waals surface area (Å²) in [6, 6.07) is 13.8. The molecule has 0 N–H and O–H groups in total. The zero-order chi connectivity index (χ0) is 17.6. The van der Waals surface area contributed by atoms with Crippen molar-refractivity contribution < 1.29 is 13.9 Å². The van der Waals surface area contributed by atoms with E-state index in [2.05, 4.69) is 0 Å². The van der Waals surface area contributed by atoms with E-state index in [1.54, 1.807) is 24.1 Å². The average molecular weight is 378 g/mol. The summed E-state index contributed by atoms with van der Waals surface area (Å²) in [6.07, 6.45) is 0. The van der Waals surface area contributed by atoms with E-state index >= 15 is 0 Å². The van der Waals surface area contributed by atoms with Gasteiger partial charge in [0.05, 0.1) is 11.1 Å². The highest BCUT2D eigenvalue weighted by Crippen LogP contribution is 2.45. The van der Waals surface area contributed by atoms with Crippen LogP contribution in [0, 0.1) is 5.82 Å². The number of carbonyl (C=O) groups is 1. The first-order valence-corrected chi connectivity index (χ1v) is 10.2. The third-order valence-corrected chi connectivity index (χ3v) is 7.01. The van der Waals surface area contributed by atoms with Gasteiger partial charge in [-0.05, 0) is 42.0 Å². The van der Waals surface area contributed by atoms with Gasteiger partial charge in [0.1, 0.15) is 18.2 Å². The van der Waals surface area contributed by atoms with Crippen LogP contribution in [0.15, 0.2) is 48.5 Å². The van der Waals surface area contributed by atoms with E-state index in [9.17, 15) is 9.18 Å². The van der Waals surface area contributed by atoms with E-state index in [-0.39, 0.29) is 11.7 Å². The Hall–Kier alpha value is -1.66. The van der Waals surface area contributed by atoms with Crippen LogP contribution in [-0.2, 0) is 0 Å². The van der Waals surface area contributed by atoms with E-state index < -0.39 is 0 Å². The Morgan fingerprint density at radius 1 is 1.12 bits per heavy atom. The van der Waals surface area contributed by atoms with Gasteiger partial charge in [-0.1, -0.05) is 12.1 Å². The van der Waals surface area contributed by atoms with Crippen molar-refractivity contribution in [3.8, 4) is 5.75 Å². The number of nitrogens with zero attached hydrogens (tertiary/aromatic N) is 1. The number of halogens is 1. The van der Waals surface area contributed by atoms with Gasteiger partial charge in [-0.15, -0.1) is 23.5 Å². The second-order valence-corrected chi connectivity index (χ2v) is 8.45. The fourth-order valence-corrected chi connectivity index (χ4v) is 5.35. The van der Waals surface area contributed by atoms with Crippen LogP contribution in [0.1, 0.15) is 20.5 Å². The van der Waals surface area contributed by atoms with Gasteiger partial charge in [-0.2, -0.15) is 0 Å². The number of amides is 1. The number of likely N-dealkylation sites (N-methyl/N-ethyl adjacent to an activating group) is 1. The molecular formula is C19H20FNO2S2. The van der Waals surface area contributed by atoms with Crippen molar-refractivity contribution >= 4 is 29.4 Å². The molecule has 0 saturated carbocycles. The molecule has 0 spiro atoms. The molecule has 1 amide bonds. The second-order valence-electron chi connectivity index (χ2n) is 5.72. The monoisotopic (exact) mass is 377 g/mol. The Labute approximate surface area is 155 Å². The maximum absolute atomic E-state index is 12.8. The molecule has 0 radical (unpaired) electrons. The first-order chi connectivity index (χ1) is 12.1. The fraction of sp³-hybridized carbons (Fsp3) is 0.316. The Balaban J connectivity index is 1.50. The summed E-state index contributed by atoms with van der Waals surface area (Å²) in [5, 5.41) is 0. The topological polar surface area (TPSA) is 29.5 Å². The van der Waals surface area contributed by atoms with Gasteiger partial charge in [0, 0.05) is 24.1 Å². The number of carbonyl (C=O) groups excluding carboxylic acids is 1. The van der Waals surface area contributed by atoms with Crippen LogP contribution < -0.4 is 4.74 Å². The van der Waals surface area contributed by atoms with Gasteiger partial charge in [0.25, 0.3) is 5.91 Å². The second kappa shape index (κ2) is 8.63. The highest BCUT2D eigenvalue weighted by Gasteiger charge is 2.19. The lowest BCUT2D eigenvalue weighted by Crippen LogP contribution is -2.30. The summed E-state index contributed by atoms with van der Waals surface area (Å²) < 4.78 is 18.9. The Morgan fingerprint density at radius 3 is 2.40 bits per heavy atom. The molecule has 0 atom stereocenters.